The van der Waals surface area contributed by atoms with Crippen LogP contribution >= 0.6 is 12.6 Å². The van der Waals surface area contributed by atoms with Gasteiger partial charge in [-0.05, 0) is 6.42 Å². The normalized spacial score (nSPS) is 13.5. The third-order valence-corrected chi connectivity index (χ3v) is 3.66. The lowest BCUT2D eigenvalue weighted by atomic mass is 10.1. The first-order valence-electron chi connectivity index (χ1n) is 7.89. The number of aliphatic carboxylic acids is 3. The molecule has 0 aromatic heterocycles. The van der Waals surface area contributed by atoms with Gasteiger partial charge in [-0.15, -0.1) is 0 Å². The van der Waals surface area contributed by atoms with E-state index in [4.69, 9.17) is 21.1 Å². The molecule has 0 aromatic rings. The minimum atomic E-state index is -1.58. The fourth-order valence-corrected chi connectivity index (χ4v) is 2.15. The van der Waals surface area contributed by atoms with Crippen molar-refractivity contribution in [3.63, 3.8) is 0 Å². The van der Waals surface area contributed by atoms with Crippen molar-refractivity contribution in [2.24, 2.45) is 5.73 Å². The van der Waals surface area contributed by atoms with E-state index in [1.807, 2.05) is 0 Å². The van der Waals surface area contributed by atoms with Gasteiger partial charge in [-0.3, -0.25) is 24.0 Å². The lowest BCUT2D eigenvalue weighted by molar-refractivity contribution is -0.143. The van der Waals surface area contributed by atoms with E-state index in [0.29, 0.717) is 0 Å². The van der Waals surface area contributed by atoms with Crippen LogP contribution in [0.25, 0.3) is 0 Å². The molecule has 158 valence electrons. The van der Waals surface area contributed by atoms with Crippen LogP contribution in [-0.4, -0.2) is 81.4 Å². The molecule has 14 heteroatoms. The van der Waals surface area contributed by atoms with Crippen molar-refractivity contribution < 1.29 is 44.1 Å². The molecule has 0 bridgehead atoms. The second-order valence-corrected chi connectivity index (χ2v) is 5.86. The molecule has 13 nitrogen and oxygen atoms in total. The highest BCUT2D eigenvalue weighted by molar-refractivity contribution is 7.80. The largest absolute Gasteiger partial charge is 0.481 e. The molecule has 3 atom stereocenters. The van der Waals surface area contributed by atoms with Gasteiger partial charge >= 0.3 is 17.9 Å². The molecule has 0 aliphatic rings. The number of hydrogen-bond acceptors (Lipinski definition) is 8. The molecule has 0 saturated carbocycles. The molecule has 0 saturated heterocycles. The summed E-state index contributed by atoms with van der Waals surface area (Å²) < 4.78 is 0. The Morgan fingerprint density at radius 3 is 1.79 bits per heavy atom. The molecule has 0 radical (unpaired) electrons. The van der Waals surface area contributed by atoms with Gasteiger partial charge in [0, 0.05) is 12.2 Å². The van der Waals surface area contributed by atoms with Crippen LogP contribution in [0, 0.1) is 0 Å². The van der Waals surface area contributed by atoms with Gasteiger partial charge in [-0.2, -0.15) is 12.6 Å². The highest BCUT2D eigenvalue weighted by Crippen LogP contribution is 2.03. The van der Waals surface area contributed by atoms with Crippen molar-refractivity contribution in [1.29, 1.82) is 0 Å². The van der Waals surface area contributed by atoms with Gasteiger partial charge in [0.25, 0.3) is 0 Å². The molecule has 0 rings (SSSR count). The third kappa shape index (κ3) is 9.72. The van der Waals surface area contributed by atoms with E-state index >= 15 is 0 Å². The van der Waals surface area contributed by atoms with Crippen LogP contribution in [0.2, 0.25) is 0 Å². The van der Waals surface area contributed by atoms with Crippen molar-refractivity contribution >= 4 is 48.3 Å². The molecular formula is C14H22N4O9S. The number of carbonyl (C=O) groups excluding carboxylic acids is 3. The first-order chi connectivity index (χ1) is 13.0. The Morgan fingerprint density at radius 2 is 1.36 bits per heavy atom. The number of hydrogen-bond donors (Lipinski definition) is 8. The van der Waals surface area contributed by atoms with Gasteiger partial charge in [0.1, 0.15) is 18.1 Å². The summed E-state index contributed by atoms with van der Waals surface area (Å²) in [5.41, 5.74) is 5.10. The fraction of sp³-hybridized carbons (Fsp3) is 0.571. The highest BCUT2D eigenvalue weighted by Gasteiger charge is 2.30. The van der Waals surface area contributed by atoms with E-state index in [0.717, 1.165) is 0 Å². The number of nitrogens with one attached hydrogen (secondary N) is 3. The second-order valence-electron chi connectivity index (χ2n) is 5.50. The summed E-state index contributed by atoms with van der Waals surface area (Å²) in [4.78, 5) is 68.5. The first kappa shape index (κ1) is 25.1. The van der Waals surface area contributed by atoms with Crippen LogP contribution in [0.4, 0.5) is 0 Å². The minimum absolute atomic E-state index is 0.269. The SMILES string of the molecule is NCC(=O)NC(CC(=O)O)C(=O)NC(CCC(=O)O)C(=O)NC(CS)C(=O)O. The predicted octanol–water partition coefficient (Wildman–Crippen LogP) is -3.25. The maximum absolute atomic E-state index is 12.3. The number of thiol groups is 1. The number of amides is 3. The van der Waals surface area contributed by atoms with E-state index in [1.165, 1.54) is 0 Å². The molecule has 0 aliphatic carbocycles. The highest BCUT2D eigenvalue weighted by atomic mass is 32.1. The number of carboxylic acids is 3. The third-order valence-electron chi connectivity index (χ3n) is 3.29. The maximum atomic E-state index is 12.3. The minimum Gasteiger partial charge on any atom is -0.481 e. The van der Waals surface area contributed by atoms with Gasteiger partial charge < -0.3 is 37.0 Å². The zero-order valence-corrected chi connectivity index (χ0v) is 15.5. The lowest BCUT2D eigenvalue weighted by Gasteiger charge is -2.23. The Morgan fingerprint density at radius 1 is 0.821 bits per heavy atom. The maximum Gasteiger partial charge on any atom is 0.327 e. The smallest absolute Gasteiger partial charge is 0.327 e. The zero-order valence-electron chi connectivity index (χ0n) is 14.6. The summed E-state index contributed by atoms with van der Waals surface area (Å²) in [6, 6.07) is -4.46. The van der Waals surface area contributed by atoms with Crippen LogP contribution in [0.15, 0.2) is 0 Å². The van der Waals surface area contributed by atoms with Crippen molar-refractivity contribution in [2.75, 3.05) is 12.3 Å². The van der Waals surface area contributed by atoms with Gasteiger partial charge in [-0.25, -0.2) is 4.79 Å². The topological polar surface area (TPSA) is 225 Å². The van der Waals surface area contributed by atoms with Gasteiger partial charge in [0.05, 0.1) is 13.0 Å². The molecule has 3 unspecified atom stereocenters. The van der Waals surface area contributed by atoms with Gasteiger partial charge in [0.2, 0.25) is 17.7 Å². The predicted molar refractivity (Wildman–Crippen MR) is 95.5 cm³/mol. The quantitative estimate of drug-likeness (QED) is 0.138. The molecule has 0 aliphatic heterocycles. The monoisotopic (exact) mass is 422 g/mol. The summed E-state index contributed by atoms with van der Waals surface area (Å²) >= 11 is 3.77. The van der Waals surface area contributed by atoms with Gasteiger partial charge in [-0.1, -0.05) is 0 Å². The van der Waals surface area contributed by atoms with E-state index < -0.39 is 79.6 Å². The number of carbonyl (C=O) groups is 6. The van der Waals surface area contributed by atoms with Crippen LogP contribution in [0.5, 0.6) is 0 Å². The molecule has 28 heavy (non-hydrogen) atoms. The van der Waals surface area contributed by atoms with E-state index in [2.05, 4.69) is 28.6 Å². The molecule has 8 N–H and O–H groups in total. The Kier molecular flexibility index (Phi) is 11.2. The fourth-order valence-electron chi connectivity index (χ4n) is 1.90. The van der Waals surface area contributed by atoms with Crippen molar-refractivity contribution in [1.82, 2.24) is 16.0 Å². The Hall–Kier alpha value is -2.87. The van der Waals surface area contributed by atoms with Crippen LogP contribution < -0.4 is 21.7 Å². The van der Waals surface area contributed by atoms with Crippen LogP contribution in [-0.2, 0) is 28.8 Å². The summed E-state index contributed by atoms with van der Waals surface area (Å²) in [5.74, 6) is -7.28. The van der Waals surface area contributed by atoms with E-state index in [1.54, 1.807) is 0 Å². The molecule has 0 aromatic carbocycles. The summed E-state index contributed by atoms with van der Waals surface area (Å²) in [5, 5.41) is 32.8. The number of carboxylic acid groups (broad SMARTS) is 3. The van der Waals surface area contributed by atoms with Gasteiger partial charge in [0.15, 0.2) is 0 Å². The lowest BCUT2D eigenvalue weighted by Crippen LogP contribution is -2.56. The second kappa shape index (κ2) is 12.5. The van der Waals surface area contributed by atoms with Crippen molar-refractivity contribution in [3.05, 3.63) is 0 Å². The molecule has 3 amide bonds. The average molecular weight is 422 g/mol. The first-order valence-corrected chi connectivity index (χ1v) is 8.52. The number of rotatable bonds is 13. The molecule has 0 fully saturated rings. The Labute approximate surface area is 164 Å². The average Bonchev–Trinajstić information content (AvgIpc) is 2.60. The summed E-state index contributed by atoms with van der Waals surface area (Å²) in [6.45, 7) is -0.519. The molecule has 0 spiro atoms. The van der Waals surface area contributed by atoms with Crippen LogP contribution in [0.1, 0.15) is 19.3 Å². The molecule has 0 heterocycles. The Bertz CT molecular complexity index is 628. The zero-order chi connectivity index (χ0) is 21.9. The van der Waals surface area contributed by atoms with E-state index in [9.17, 15) is 28.8 Å². The standard InChI is InChI=1S/C14H22N4O9S/c15-4-9(19)16-7(3-11(22)23)13(25)17-6(1-2-10(20)21)12(24)18-8(5-28)14(26)27/h6-8,28H,1-5,15H2,(H,16,19)(H,17,25)(H,18,24)(H,20,21)(H,22,23)(H,26,27). The summed E-state index contributed by atoms with van der Waals surface area (Å²) in [6.07, 6.45) is -1.77. The molecular weight excluding hydrogens is 400 g/mol. The van der Waals surface area contributed by atoms with Crippen molar-refractivity contribution in [2.45, 2.75) is 37.4 Å². The van der Waals surface area contributed by atoms with E-state index in [-0.39, 0.29) is 5.75 Å². The number of nitrogens with two attached hydrogens (primary N) is 1. The van der Waals surface area contributed by atoms with Crippen molar-refractivity contribution in [3.8, 4) is 0 Å². The van der Waals surface area contributed by atoms with Crippen LogP contribution in [0.3, 0.4) is 0 Å². The Balaban J connectivity index is 5.35. The summed E-state index contributed by atoms with van der Waals surface area (Å²) in [7, 11) is 0.